The van der Waals surface area contributed by atoms with Crippen molar-refractivity contribution in [2.75, 3.05) is 0 Å². The van der Waals surface area contributed by atoms with E-state index < -0.39 is 17.2 Å². The molecule has 7 nitrogen and oxygen atoms in total. The molecule has 0 aromatic carbocycles. The number of hydrogen-bond acceptors (Lipinski definition) is 6. The summed E-state index contributed by atoms with van der Waals surface area (Å²) in [6.45, 7) is 6.32. The Morgan fingerprint density at radius 3 is 2.74 bits per heavy atom. The number of aryl methyl sites for hydroxylation is 2. The van der Waals surface area contributed by atoms with Crippen molar-refractivity contribution in [2.45, 2.75) is 63.4 Å². The summed E-state index contributed by atoms with van der Waals surface area (Å²) in [5.74, 6) is -0.529. The summed E-state index contributed by atoms with van der Waals surface area (Å²) in [4.78, 5) is 43.4. The van der Waals surface area contributed by atoms with Gasteiger partial charge in [0.05, 0.1) is 10.6 Å². The predicted octanol–water partition coefficient (Wildman–Crippen LogP) is 2.67. The van der Waals surface area contributed by atoms with Gasteiger partial charge in [-0.05, 0) is 37.2 Å². The van der Waals surface area contributed by atoms with Crippen molar-refractivity contribution in [3.63, 3.8) is 0 Å². The molecule has 1 atom stereocenters. The number of fused-ring (bicyclic) bond motifs is 3. The Bertz CT molecular complexity index is 948. The average Bonchev–Trinajstić information content (AvgIpc) is 3.15. The third-order valence-corrected chi connectivity index (χ3v) is 7.30. The van der Waals surface area contributed by atoms with Gasteiger partial charge in [0.2, 0.25) is 5.91 Å². The molecule has 146 valence electrons. The van der Waals surface area contributed by atoms with Crippen molar-refractivity contribution >= 4 is 45.3 Å². The highest BCUT2D eigenvalue weighted by Crippen LogP contribution is 2.36. The lowest BCUT2D eigenvalue weighted by atomic mass is 10.1. The van der Waals surface area contributed by atoms with Gasteiger partial charge < -0.3 is 5.73 Å². The molecule has 0 saturated heterocycles. The van der Waals surface area contributed by atoms with E-state index >= 15 is 0 Å². The third-order valence-electron chi connectivity index (χ3n) is 4.58. The molecule has 3 rings (SSSR count). The Balaban J connectivity index is 2.07. The van der Waals surface area contributed by atoms with E-state index in [1.54, 1.807) is 15.9 Å². The highest BCUT2D eigenvalue weighted by molar-refractivity contribution is 8.00. The van der Waals surface area contributed by atoms with E-state index in [1.807, 2.05) is 20.8 Å². The Kier molecular flexibility index (Phi) is 5.90. The molecule has 27 heavy (non-hydrogen) atoms. The first-order chi connectivity index (χ1) is 12.8. The van der Waals surface area contributed by atoms with Crippen LogP contribution in [0.3, 0.4) is 0 Å². The maximum Gasteiger partial charge on any atom is 0.318 e. The van der Waals surface area contributed by atoms with Gasteiger partial charge in [-0.1, -0.05) is 32.5 Å². The van der Waals surface area contributed by atoms with Gasteiger partial charge in [0, 0.05) is 11.4 Å². The van der Waals surface area contributed by atoms with Crippen molar-refractivity contribution in [3.8, 4) is 0 Å². The van der Waals surface area contributed by atoms with E-state index in [0.29, 0.717) is 11.7 Å². The lowest BCUT2D eigenvalue weighted by molar-refractivity contribution is -0.120. The topological polar surface area (TPSA) is 107 Å². The van der Waals surface area contributed by atoms with Crippen LogP contribution < -0.4 is 16.6 Å². The molecular formula is C18H24N4O3S2. The largest absolute Gasteiger partial charge is 0.351 e. The van der Waals surface area contributed by atoms with Crippen LogP contribution in [-0.4, -0.2) is 26.7 Å². The van der Waals surface area contributed by atoms with Crippen LogP contribution in [0.15, 0.2) is 9.95 Å². The van der Waals surface area contributed by atoms with Crippen LogP contribution in [0.2, 0.25) is 0 Å². The number of thioether (sulfide) groups is 1. The van der Waals surface area contributed by atoms with Crippen molar-refractivity contribution in [3.05, 3.63) is 20.8 Å². The van der Waals surface area contributed by atoms with Gasteiger partial charge in [0.15, 0.2) is 5.16 Å². The summed E-state index contributed by atoms with van der Waals surface area (Å²) in [6, 6.07) is -0.879. The molecule has 0 bridgehead atoms. The lowest BCUT2D eigenvalue weighted by Gasteiger charge is -2.20. The molecule has 2 aromatic rings. The van der Waals surface area contributed by atoms with Crippen LogP contribution in [0.5, 0.6) is 0 Å². The van der Waals surface area contributed by atoms with Gasteiger partial charge in [-0.25, -0.2) is 9.78 Å². The number of aromatic nitrogens is 2. The fraction of sp³-hybridized carbons (Fsp3) is 0.556. The number of imide groups is 1. The van der Waals surface area contributed by atoms with Crippen molar-refractivity contribution in [1.82, 2.24) is 14.9 Å². The van der Waals surface area contributed by atoms with Crippen molar-refractivity contribution in [2.24, 2.45) is 11.7 Å². The number of nitrogens with two attached hydrogens (primary N) is 1. The summed E-state index contributed by atoms with van der Waals surface area (Å²) in [5, 5.41) is 2.84. The molecule has 0 radical (unpaired) electrons. The number of rotatable bonds is 6. The first-order valence-electron chi connectivity index (χ1n) is 9.15. The highest BCUT2D eigenvalue weighted by atomic mass is 32.2. The second-order valence-electron chi connectivity index (χ2n) is 7.02. The van der Waals surface area contributed by atoms with Crippen molar-refractivity contribution < 1.29 is 9.59 Å². The Hall–Kier alpha value is -1.87. The molecule has 9 heteroatoms. The summed E-state index contributed by atoms with van der Waals surface area (Å²) < 4.78 is 1.67. The van der Waals surface area contributed by atoms with Crippen LogP contribution in [-0.2, 0) is 24.2 Å². The second kappa shape index (κ2) is 8.02. The van der Waals surface area contributed by atoms with Crippen LogP contribution in [0, 0.1) is 5.92 Å². The minimum absolute atomic E-state index is 0.0263. The number of urea groups is 1. The number of hydrogen-bond donors (Lipinski definition) is 2. The average molecular weight is 409 g/mol. The molecule has 1 aliphatic rings. The Morgan fingerprint density at radius 2 is 2.11 bits per heavy atom. The Morgan fingerprint density at radius 1 is 1.37 bits per heavy atom. The summed E-state index contributed by atoms with van der Waals surface area (Å²) >= 11 is 2.81. The van der Waals surface area contributed by atoms with E-state index in [1.165, 1.54) is 16.6 Å². The molecule has 2 aromatic heterocycles. The number of nitrogens with zero attached hydrogens (tertiary/aromatic N) is 2. The first kappa shape index (κ1) is 19.9. The molecule has 0 aliphatic heterocycles. The molecule has 0 saturated carbocycles. The maximum atomic E-state index is 13.2. The summed E-state index contributed by atoms with van der Waals surface area (Å²) in [6.07, 6.45) is 3.80. The molecule has 3 amide bonds. The predicted molar refractivity (Wildman–Crippen MR) is 108 cm³/mol. The van der Waals surface area contributed by atoms with Crippen LogP contribution >= 0.6 is 23.1 Å². The fourth-order valence-corrected chi connectivity index (χ4v) is 5.79. The summed E-state index contributed by atoms with van der Waals surface area (Å²) in [7, 11) is 0. The number of carbonyl (C=O) groups is 2. The van der Waals surface area contributed by atoms with Crippen LogP contribution in [0.4, 0.5) is 4.79 Å². The smallest absolute Gasteiger partial charge is 0.318 e. The normalized spacial score (nSPS) is 14.5. The molecule has 3 N–H and O–H groups in total. The van der Waals surface area contributed by atoms with Gasteiger partial charge in [0.25, 0.3) is 5.56 Å². The second-order valence-corrected chi connectivity index (χ2v) is 9.22. The molecular weight excluding hydrogens is 384 g/mol. The quantitative estimate of drug-likeness (QED) is 0.564. The molecule has 1 unspecified atom stereocenters. The first-order valence-corrected chi connectivity index (χ1v) is 10.8. The van der Waals surface area contributed by atoms with Crippen LogP contribution in [0.1, 0.15) is 44.1 Å². The minimum Gasteiger partial charge on any atom is -0.351 e. The van der Waals surface area contributed by atoms with Gasteiger partial charge in [-0.15, -0.1) is 11.3 Å². The zero-order chi connectivity index (χ0) is 19.7. The van der Waals surface area contributed by atoms with Gasteiger partial charge in [-0.3, -0.25) is 19.5 Å². The van der Waals surface area contributed by atoms with Gasteiger partial charge in [-0.2, -0.15) is 0 Å². The van der Waals surface area contributed by atoms with Gasteiger partial charge in [0.1, 0.15) is 4.83 Å². The third kappa shape index (κ3) is 3.89. The zero-order valence-electron chi connectivity index (χ0n) is 15.7. The fourth-order valence-electron chi connectivity index (χ4n) is 3.37. The van der Waals surface area contributed by atoms with E-state index in [-0.39, 0.29) is 11.5 Å². The number of amides is 3. The van der Waals surface area contributed by atoms with Gasteiger partial charge >= 0.3 is 6.03 Å². The maximum absolute atomic E-state index is 13.2. The molecule has 0 spiro atoms. The molecule has 0 fully saturated rings. The monoisotopic (exact) mass is 408 g/mol. The van der Waals surface area contributed by atoms with Crippen LogP contribution in [0.25, 0.3) is 10.2 Å². The number of primary amides is 1. The van der Waals surface area contributed by atoms with E-state index in [4.69, 9.17) is 10.7 Å². The van der Waals surface area contributed by atoms with E-state index in [9.17, 15) is 14.4 Å². The summed E-state index contributed by atoms with van der Waals surface area (Å²) in [5.41, 5.74) is 6.22. The standard InChI is InChI=1S/C18H24N4O3S2/c1-4-8-22-16(24)12-10-6-5-7-11(10)26-15(12)21-18(22)27-13(9(2)3)14(23)20-17(19)25/h9,13H,4-8H2,1-3H3,(H3,19,20,23,25). The molecule has 2 heterocycles. The number of carbonyl (C=O) groups excluding carboxylic acids is 2. The lowest BCUT2D eigenvalue weighted by Crippen LogP contribution is -2.42. The zero-order valence-corrected chi connectivity index (χ0v) is 17.3. The number of thiophene rings is 1. The van der Waals surface area contributed by atoms with Crippen molar-refractivity contribution in [1.29, 1.82) is 0 Å². The Labute approximate surface area is 165 Å². The number of nitrogens with one attached hydrogen (secondary N) is 1. The minimum atomic E-state index is -0.879. The highest BCUT2D eigenvalue weighted by Gasteiger charge is 2.28. The molecule has 1 aliphatic carbocycles. The van der Waals surface area contributed by atoms with E-state index in [2.05, 4.69) is 5.32 Å². The SMILES string of the molecule is CCCn1c(SC(C(=O)NC(N)=O)C(C)C)nc2sc3c(c2c1=O)CCC3. The van der Waals surface area contributed by atoms with E-state index in [0.717, 1.165) is 41.5 Å².